The highest BCUT2D eigenvalue weighted by molar-refractivity contribution is 6.31. The minimum atomic E-state index is -4.66. The lowest BCUT2D eigenvalue weighted by atomic mass is 9.86. The van der Waals surface area contributed by atoms with Gasteiger partial charge >= 0.3 is 6.18 Å². The molecule has 25 heavy (non-hydrogen) atoms. The summed E-state index contributed by atoms with van der Waals surface area (Å²) >= 11 is 5.64. The van der Waals surface area contributed by atoms with Gasteiger partial charge in [0.15, 0.2) is 0 Å². The Kier molecular flexibility index (Phi) is 2.96. The average Bonchev–Trinajstić information content (AvgIpc) is 3.04. The maximum Gasteiger partial charge on any atom is 0.417 e. The van der Waals surface area contributed by atoms with Crippen molar-refractivity contribution in [2.24, 2.45) is 0 Å². The van der Waals surface area contributed by atoms with Gasteiger partial charge in [-0.2, -0.15) is 13.2 Å². The molecule has 2 atom stereocenters. The quantitative estimate of drug-likeness (QED) is 0.721. The Hall–Kier alpha value is -2.12. The van der Waals surface area contributed by atoms with Gasteiger partial charge < -0.3 is 14.9 Å². The van der Waals surface area contributed by atoms with Crippen molar-refractivity contribution in [3.05, 3.63) is 52.1 Å². The number of nitrogens with zero attached hydrogens (tertiary/aromatic N) is 1. The van der Waals surface area contributed by atoms with Crippen LogP contribution in [0.15, 0.2) is 30.4 Å². The largest absolute Gasteiger partial charge is 0.494 e. The van der Waals surface area contributed by atoms with Crippen molar-refractivity contribution >= 4 is 11.6 Å². The molecule has 1 aromatic heterocycles. The Morgan fingerprint density at radius 2 is 1.56 bits per heavy atom. The second kappa shape index (κ2) is 4.53. The van der Waals surface area contributed by atoms with E-state index in [1.54, 1.807) is 26.0 Å². The fourth-order valence-electron chi connectivity index (χ4n) is 3.70. The van der Waals surface area contributed by atoms with Crippen molar-refractivity contribution in [1.82, 2.24) is 4.57 Å². The highest BCUT2D eigenvalue weighted by atomic mass is 35.5. The van der Waals surface area contributed by atoms with Gasteiger partial charge in [-0.15, -0.1) is 0 Å². The first-order chi connectivity index (χ1) is 11.5. The fourth-order valence-corrected chi connectivity index (χ4v) is 3.92. The first-order valence-electron chi connectivity index (χ1n) is 7.43. The molecule has 1 aromatic carbocycles. The van der Waals surface area contributed by atoms with Crippen LogP contribution in [0.4, 0.5) is 13.2 Å². The summed E-state index contributed by atoms with van der Waals surface area (Å²) in [5.74, 6) is -0.725. The van der Waals surface area contributed by atoms with Crippen molar-refractivity contribution < 1.29 is 28.1 Å². The molecule has 4 nitrogen and oxygen atoms in total. The lowest BCUT2D eigenvalue weighted by molar-refractivity contribution is -0.137. The molecule has 2 N–H and O–H groups in total. The van der Waals surface area contributed by atoms with Gasteiger partial charge in [-0.25, -0.2) is 0 Å². The number of rotatable bonds is 1. The summed E-state index contributed by atoms with van der Waals surface area (Å²) in [6.45, 7) is 3.43. The van der Waals surface area contributed by atoms with Gasteiger partial charge in [0, 0.05) is 0 Å². The zero-order valence-corrected chi connectivity index (χ0v) is 13.9. The molecule has 3 heterocycles. The Morgan fingerprint density at radius 3 is 2.04 bits per heavy atom. The molecule has 2 aliphatic heterocycles. The molecule has 0 aliphatic carbocycles. The molecule has 2 bridgehead atoms. The van der Waals surface area contributed by atoms with Gasteiger partial charge in [0.1, 0.15) is 11.2 Å². The summed E-state index contributed by atoms with van der Waals surface area (Å²) in [4.78, 5) is 0. The number of halogens is 4. The number of hydrogen-bond donors (Lipinski definition) is 2. The molecule has 0 spiro atoms. The fraction of sp³-hybridized carbons (Fsp3) is 0.294. The molecule has 4 rings (SSSR count). The molecule has 0 saturated carbocycles. The van der Waals surface area contributed by atoms with Gasteiger partial charge in [0.2, 0.25) is 11.8 Å². The Balaban J connectivity index is 1.97. The van der Waals surface area contributed by atoms with E-state index in [2.05, 4.69) is 0 Å². The average molecular weight is 372 g/mol. The second-order valence-electron chi connectivity index (χ2n) is 6.54. The summed E-state index contributed by atoms with van der Waals surface area (Å²) in [5, 5.41) is 20.8. The minimum absolute atomic E-state index is 0.0484. The van der Waals surface area contributed by atoms with Gasteiger partial charge in [0.25, 0.3) is 0 Å². The monoisotopic (exact) mass is 371 g/mol. The lowest BCUT2D eigenvalue weighted by Crippen LogP contribution is -2.19. The molecule has 0 saturated heterocycles. The van der Waals surface area contributed by atoms with Gasteiger partial charge in [-0.05, 0) is 44.2 Å². The minimum Gasteiger partial charge on any atom is -0.494 e. The first-order valence-corrected chi connectivity index (χ1v) is 7.81. The molecule has 0 amide bonds. The maximum absolute atomic E-state index is 13.1. The number of aromatic hydroxyl groups is 2. The van der Waals surface area contributed by atoms with Crippen LogP contribution in [0, 0.1) is 0 Å². The van der Waals surface area contributed by atoms with Crippen LogP contribution < -0.4 is 0 Å². The number of aromatic nitrogens is 1. The zero-order valence-electron chi connectivity index (χ0n) is 13.1. The standard InChI is InChI=1S/C17H13ClF3NO3/c1-15-5-6-16(2,25-15)12-11(15)13(23)22(14(12)24)8-3-4-10(18)9(7-8)17(19,20)21/h3-7,23-24H,1-2H3. The van der Waals surface area contributed by atoms with E-state index in [9.17, 15) is 23.4 Å². The van der Waals surface area contributed by atoms with Crippen LogP contribution >= 0.6 is 11.6 Å². The molecular weight excluding hydrogens is 359 g/mol. The van der Waals surface area contributed by atoms with Crippen LogP contribution in [-0.4, -0.2) is 14.8 Å². The third-order valence-electron chi connectivity index (χ3n) is 4.77. The van der Waals surface area contributed by atoms with E-state index in [0.29, 0.717) is 11.1 Å². The number of benzene rings is 1. The number of ether oxygens (including phenoxy) is 1. The first kappa shape index (κ1) is 16.4. The van der Waals surface area contributed by atoms with Crippen molar-refractivity contribution in [1.29, 1.82) is 0 Å². The van der Waals surface area contributed by atoms with Crippen LogP contribution in [-0.2, 0) is 22.1 Å². The molecule has 2 unspecified atom stereocenters. The zero-order chi connectivity index (χ0) is 18.4. The molecule has 2 aliphatic rings. The highest BCUT2D eigenvalue weighted by Crippen LogP contribution is 2.61. The van der Waals surface area contributed by atoms with Crippen LogP contribution in [0.5, 0.6) is 11.8 Å². The van der Waals surface area contributed by atoms with E-state index in [4.69, 9.17) is 16.3 Å². The molecule has 0 radical (unpaired) electrons. The number of alkyl halides is 3. The molecule has 0 fully saturated rings. The Morgan fingerprint density at radius 1 is 1.04 bits per heavy atom. The second-order valence-corrected chi connectivity index (χ2v) is 6.95. The Labute approximate surface area is 145 Å². The number of hydrogen-bond acceptors (Lipinski definition) is 3. The predicted molar refractivity (Wildman–Crippen MR) is 84.0 cm³/mol. The van der Waals surface area contributed by atoms with E-state index < -0.39 is 28.0 Å². The van der Waals surface area contributed by atoms with E-state index in [0.717, 1.165) is 16.7 Å². The van der Waals surface area contributed by atoms with E-state index in [1.165, 1.54) is 6.07 Å². The van der Waals surface area contributed by atoms with E-state index in [-0.39, 0.29) is 17.4 Å². The van der Waals surface area contributed by atoms with Crippen LogP contribution in [0.1, 0.15) is 30.5 Å². The third-order valence-corrected chi connectivity index (χ3v) is 5.10. The SMILES string of the molecule is CC12C=CC(C)(O1)c1c2c(O)n(-c2ccc(Cl)c(C(F)(F)F)c2)c1O. The lowest BCUT2D eigenvalue weighted by Gasteiger charge is -2.21. The van der Waals surface area contributed by atoms with Crippen molar-refractivity contribution in [2.45, 2.75) is 31.2 Å². The topological polar surface area (TPSA) is 54.6 Å². The smallest absolute Gasteiger partial charge is 0.417 e. The van der Waals surface area contributed by atoms with E-state index in [1.807, 2.05) is 0 Å². The summed E-state index contributed by atoms with van der Waals surface area (Å²) < 4.78 is 46.2. The normalized spacial score (nSPS) is 27.1. The summed E-state index contributed by atoms with van der Waals surface area (Å²) in [5.41, 5.74) is -2.30. The molecule has 132 valence electrons. The third kappa shape index (κ3) is 1.99. The number of fused-ring (bicyclic) bond motifs is 5. The summed E-state index contributed by atoms with van der Waals surface area (Å²) in [6.07, 6.45) is -1.15. The van der Waals surface area contributed by atoms with Gasteiger partial charge in [-0.3, -0.25) is 4.57 Å². The molecule has 8 heteroatoms. The summed E-state index contributed by atoms with van der Waals surface area (Å²) in [7, 11) is 0. The van der Waals surface area contributed by atoms with Gasteiger partial charge in [-0.1, -0.05) is 11.6 Å². The van der Waals surface area contributed by atoms with Crippen LogP contribution in [0.3, 0.4) is 0 Å². The summed E-state index contributed by atoms with van der Waals surface area (Å²) in [6, 6.07) is 3.17. The highest BCUT2D eigenvalue weighted by Gasteiger charge is 2.56. The van der Waals surface area contributed by atoms with Crippen LogP contribution in [0.25, 0.3) is 5.69 Å². The molecular formula is C17H13ClF3NO3. The van der Waals surface area contributed by atoms with Crippen LogP contribution in [0.2, 0.25) is 5.02 Å². The predicted octanol–water partition coefficient (Wildman–Crippen LogP) is 4.59. The van der Waals surface area contributed by atoms with Crippen molar-refractivity contribution in [3.63, 3.8) is 0 Å². The molecule has 2 aromatic rings. The van der Waals surface area contributed by atoms with Crippen molar-refractivity contribution in [3.8, 4) is 17.4 Å². The van der Waals surface area contributed by atoms with Crippen molar-refractivity contribution in [2.75, 3.05) is 0 Å². The maximum atomic E-state index is 13.1. The Bertz CT molecular complexity index is 908. The van der Waals surface area contributed by atoms with E-state index >= 15 is 0 Å². The van der Waals surface area contributed by atoms with Gasteiger partial charge in [0.05, 0.1) is 27.4 Å².